The van der Waals surface area contributed by atoms with Crippen LogP contribution in [-0.4, -0.2) is 16.7 Å². The van der Waals surface area contributed by atoms with Gasteiger partial charge < -0.3 is 10.6 Å². The Morgan fingerprint density at radius 2 is 1.83 bits per heavy atom. The molecule has 0 aliphatic carbocycles. The maximum atomic E-state index is 12.3. The minimum atomic E-state index is -0.591. The number of rotatable bonds is 8. The van der Waals surface area contributed by atoms with Crippen LogP contribution in [0, 0.1) is 5.92 Å². The van der Waals surface area contributed by atoms with Gasteiger partial charge in [0, 0.05) is 5.69 Å². The monoisotopic (exact) mass is 325 g/mol. The van der Waals surface area contributed by atoms with Crippen LogP contribution >= 0.6 is 0 Å². The number of aromatic nitrogens is 1. The molecule has 1 amide bonds. The van der Waals surface area contributed by atoms with Crippen LogP contribution in [-0.2, 0) is 9.59 Å². The summed E-state index contributed by atoms with van der Waals surface area (Å²) < 4.78 is 0. The highest BCUT2D eigenvalue weighted by atomic mass is 16.2. The fraction of sp³-hybridized carbons (Fsp3) is 0.316. The molecule has 24 heavy (non-hydrogen) atoms. The van der Waals surface area contributed by atoms with Crippen molar-refractivity contribution in [3.05, 3.63) is 48.7 Å². The van der Waals surface area contributed by atoms with E-state index in [0.717, 1.165) is 18.5 Å². The lowest BCUT2D eigenvalue weighted by Gasteiger charge is -2.14. The largest absolute Gasteiger partial charge is 0.340 e. The van der Waals surface area contributed by atoms with Crippen molar-refractivity contribution in [3.8, 4) is 0 Å². The number of para-hydroxylation sites is 1. The van der Waals surface area contributed by atoms with Crippen molar-refractivity contribution >= 4 is 28.9 Å². The molecule has 1 heterocycles. The number of Topliss-reactive ketones (excluding diaryl/α,β-unsaturated/α-hetero) is 1. The van der Waals surface area contributed by atoms with Crippen molar-refractivity contribution < 1.29 is 9.59 Å². The molecule has 5 heteroatoms. The Labute approximate surface area is 142 Å². The summed E-state index contributed by atoms with van der Waals surface area (Å²) in [7, 11) is 0. The number of carbonyl (C=O) groups excluding carboxylic acids is 2. The van der Waals surface area contributed by atoms with Gasteiger partial charge in [-0.2, -0.15) is 0 Å². The Bertz CT molecular complexity index is 669. The van der Waals surface area contributed by atoms with E-state index in [0.29, 0.717) is 17.9 Å². The van der Waals surface area contributed by atoms with Crippen LogP contribution < -0.4 is 10.6 Å². The Kier molecular flexibility index (Phi) is 6.49. The van der Waals surface area contributed by atoms with E-state index in [9.17, 15) is 9.59 Å². The van der Waals surface area contributed by atoms with Crippen LogP contribution in [0.25, 0.3) is 0 Å². The zero-order valence-electron chi connectivity index (χ0n) is 14.1. The number of carbonyl (C=O) groups is 2. The Hall–Kier alpha value is -2.69. The number of anilines is 3. The SMILES string of the molecule is CCCCC(C(C)=O)C(=O)Nc1ccc(Nc2ccccc2)nc1. The second kappa shape index (κ2) is 8.82. The zero-order valence-corrected chi connectivity index (χ0v) is 14.1. The van der Waals surface area contributed by atoms with Crippen LogP contribution in [0.2, 0.25) is 0 Å². The predicted octanol–water partition coefficient (Wildman–Crippen LogP) is 4.16. The summed E-state index contributed by atoms with van der Waals surface area (Å²) in [6.45, 7) is 3.50. The van der Waals surface area contributed by atoms with E-state index in [4.69, 9.17) is 0 Å². The first-order chi connectivity index (χ1) is 11.6. The molecular formula is C19H23N3O2. The summed E-state index contributed by atoms with van der Waals surface area (Å²) in [6.07, 6.45) is 3.98. The highest BCUT2D eigenvalue weighted by Crippen LogP contribution is 2.17. The van der Waals surface area contributed by atoms with Gasteiger partial charge in [-0.15, -0.1) is 0 Å². The van der Waals surface area contributed by atoms with E-state index in [-0.39, 0.29) is 11.7 Å². The molecule has 1 unspecified atom stereocenters. The van der Waals surface area contributed by atoms with Gasteiger partial charge in [0.25, 0.3) is 0 Å². The molecular weight excluding hydrogens is 302 g/mol. The first-order valence-electron chi connectivity index (χ1n) is 8.19. The van der Waals surface area contributed by atoms with E-state index in [1.807, 2.05) is 37.3 Å². The molecule has 0 saturated carbocycles. The van der Waals surface area contributed by atoms with Crippen LogP contribution in [0.1, 0.15) is 33.1 Å². The van der Waals surface area contributed by atoms with Crippen molar-refractivity contribution in [2.24, 2.45) is 5.92 Å². The molecule has 0 fully saturated rings. The first kappa shape index (κ1) is 17.7. The number of hydrogen-bond acceptors (Lipinski definition) is 4. The number of pyridine rings is 1. The average Bonchev–Trinajstić information content (AvgIpc) is 2.57. The molecule has 0 saturated heterocycles. The van der Waals surface area contributed by atoms with Gasteiger partial charge in [0.1, 0.15) is 11.6 Å². The molecule has 0 radical (unpaired) electrons. The maximum absolute atomic E-state index is 12.3. The molecule has 2 rings (SSSR count). The molecule has 0 aliphatic rings. The summed E-state index contributed by atoms with van der Waals surface area (Å²) >= 11 is 0. The van der Waals surface area contributed by atoms with Gasteiger partial charge >= 0.3 is 0 Å². The van der Waals surface area contributed by atoms with Gasteiger partial charge in [-0.3, -0.25) is 9.59 Å². The smallest absolute Gasteiger partial charge is 0.234 e. The Balaban J connectivity index is 1.97. The zero-order chi connectivity index (χ0) is 17.4. The van der Waals surface area contributed by atoms with Crippen molar-refractivity contribution in [2.45, 2.75) is 33.1 Å². The molecule has 0 spiro atoms. The Morgan fingerprint density at radius 3 is 2.42 bits per heavy atom. The third-order valence-corrected chi connectivity index (χ3v) is 3.73. The molecule has 126 valence electrons. The molecule has 2 N–H and O–H groups in total. The van der Waals surface area contributed by atoms with Gasteiger partial charge in [0.15, 0.2) is 0 Å². The van der Waals surface area contributed by atoms with E-state index >= 15 is 0 Å². The number of ketones is 1. The predicted molar refractivity (Wildman–Crippen MR) is 96.3 cm³/mol. The summed E-state index contributed by atoms with van der Waals surface area (Å²) in [5.41, 5.74) is 1.53. The molecule has 0 aliphatic heterocycles. The number of benzene rings is 1. The molecule has 1 atom stereocenters. The van der Waals surface area contributed by atoms with Crippen molar-refractivity contribution in [3.63, 3.8) is 0 Å². The first-order valence-corrected chi connectivity index (χ1v) is 8.19. The molecule has 0 bridgehead atoms. The van der Waals surface area contributed by atoms with Crippen molar-refractivity contribution in [1.82, 2.24) is 4.98 Å². The van der Waals surface area contributed by atoms with Gasteiger partial charge in [0.2, 0.25) is 5.91 Å². The number of hydrogen-bond donors (Lipinski definition) is 2. The van der Waals surface area contributed by atoms with E-state index in [2.05, 4.69) is 15.6 Å². The molecule has 1 aromatic heterocycles. The number of unbranched alkanes of at least 4 members (excludes halogenated alkanes) is 1. The van der Waals surface area contributed by atoms with Gasteiger partial charge in [-0.1, -0.05) is 38.0 Å². The van der Waals surface area contributed by atoms with E-state index in [1.54, 1.807) is 18.3 Å². The summed E-state index contributed by atoms with van der Waals surface area (Å²) in [5, 5.41) is 5.95. The standard InChI is InChI=1S/C19H23N3O2/c1-3-4-10-17(14(2)23)19(24)22-16-11-12-18(20-13-16)21-15-8-6-5-7-9-15/h5-9,11-13,17H,3-4,10H2,1-2H3,(H,20,21)(H,22,24). The van der Waals surface area contributed by atoms with Gasteiger partial charge in [0.05, 0.1) is 17.8 Å². The average molecular weight is 325 g/mol. The lowest BCUT2D eigenvalue weighted by molar-refractivity contribution is -0.130. The van der Waals surface area contributed by atoms with Crippen LogP contribution in [0.4, 0.5) is 17.2 Å². The minimum absolute atomic E-state index is 0.101. The normalized spacial score (nSPS) is 11.6. The summed E-state index contributed by atoms with van der Waals surface area (Å²) in [6, 6.07) is 13.3. The van der Waals surface area contributed by atoms with Crippen LogP contribution in [0.15, 0.2) is 48.7 Å². The second-order valence-electron chi connectivity index (χ2n) is 5.72. The minimum Gasteiger partial charge on any atom is -0.340 e. The lowest BCUT2D eigenvalue weighted by Crippen LogP contribution is -2.28. The fourth-order valence-electron chi connectivity index (χ4n) is 2.37. The van der Waals surface area contributed by atoms with Crippen LogP contribution in [0.5, 0.6) is 0 Å². The Morgan fingerprint density at radius 1 is 1.08 bits per heavy atom. The molecule has 5 nitrogen and oxygen atoms in total. The van der Waals surface area contributed by atoms with Crippen molar-refractivity contribution in [1.29, 1.82) is 0 Å². The van der Waals surface area contributed by atoms with Gasteiger partial charge in [-0.05, 0) is 37.6 Å². The highest BCUT2D eigenvalue weighted by molar-refractivity contribution is 6.06. The van der Waals surface area contributed by atoms with Gasteiger partial charge in [-0.25, -0.2) is 4.98 Å². The molecule has 1 aromatic carbocycles. The third kappa shape index (κ3) is 5.19. The number of nitrogens with zero attached hydrogens (tertiary/aromatic N) is 1. The third-order valence-electron chi connectivity index (χ3n) is 3.73. The van der Waals surface area contributed by atoms with E-state index < -0.39 is 5.92 Å². The number of amides is 1. The topological polar surface area (TPSA) is 71.1 Å². The maximum Gasteiger partial charge on any atom is 0.234 e. The summed E-state index contributed by atoms with van der Waals surface area (Å²) in [4.78, 5) is 28.2. The van der Waals surface area contributed by atoms with Crippen LogP contribution in [0.3, 0.4) is 0 Å². The van der Waals surface area contributed by atoms with E-state index in [1.165, 1.54) is 6.92 Å². The summed E-state index contributed by atoms with van der Waals surface area (Å²) in [5.74, 6) is -0.266. The highest BCUT2D eigenvalue weighted by Gasteiger charge is 2.22. The quantitative estimate of drug-likeness (QED) is 0.715. The second-order valence-corrected chi connectivity index (χ2v) is 5.72. The number of nitrogens with one attached hydrogen (secondary N) is 2. The fourth-order valence-corrected chi connectivity index (χ4v) is 2.37. The lowest BCUT2D eigenvalue weighted by atomic mass is 9.97. The molecule has 2 aromatic rings. The van der Waals surface area contributed by atoms with Crippen molar-refractivity contribution in [2.75, 3.05) is 10.6 Å².